The molecule has 1 heterocycles. The summed E-state index contributed by atoms with van der Waals surface area (Å²) >= 11 is 4.55. The summed E-state index contributed by atoms with van der Waals surface area (Å²) in [5.41, 5.74) is 11.6. The molecule has 0 saturated carbocycles. The summed E-state index contributed by atoms with van der Waals surface area (Å²) in [5.74, 6) is 2.64. The lowest BCUT2D eigenvalue weighted by molar-refractivity contribution is 0.0164. The van der Waals surface area contributed by atoms with E-state index < -0.39 is 10.8 Å². The van der Waals surface area contributed by atoms with E-state index in [1.165, 1.54) is 11.1 Å². The maximum absolute atomic E-state index is 11.2. The molecular weight excluding hydrogens is 550 g/mol. The molecule has 0 bridgehead atoms. The van der Waals surface area contributed by atoms with Gasteiger partial charge in [-0.3, -0.25) is 4.79 Å². The summed E-state index contributed by atoms with van der Waals surface area (Å²) in [4.78, 5) is 11.9. The highest BCUT2D eigenvalue weighted by Gasteiger charge is 2.35. The number of primary amides is 1. The SMILES string of the molecule is C=C/C(=C/c1ccc(OCC2(C)CCc3c(C)c(OCC=C(C)C)c(C)c(C)c3O2)c(Br)c1)SC(N)=O. The van der Waals surface area contributed by atoms with E-state index in [2.05, 4.69) is 70.1 Å². The van der Waals surface area contributed by atoms with Crippen LogP contribution < -0.4 is 19.9 Å². The molecule has 0 aliphatic carbocycles. The van der Waals surface area contributed by atoms with Gasteiger partial charge < -0.3 is 19.9 Å². The maximum Gasteiger partial charge on any atom is 0.281 e. The van der Waals surface area contributed by atoms with Gasteiger partial charge in [0.15, 0.2) is 0 Å². The number of hydrogen-bond acceptors (Lipinski definition) is 5. The first kappa shape index (κ1) is 28.9. The molecule has 3 rings (SSSR count). The fourth-order valence-electron chi connectivity index (χ4n) is 4.26. The topological polar surface area (TPSA) is 70.8 Å². The van der Waals surface area contributed by atoms with Gasteiger partial charge in [0.1, 0.15) is 36.1 Å². The van der Waals surface area contributed by atoms with Crippen LogP contribution in [0.1, 0.15) is 55.0 Å². The highest BCUT2D eigenvalue weighted by molar-refractivity contribution is 9.10. The molecule has 2 aromatic carbocycles. The van der Waals surface area contributed by atoms with E-state index in [1.54, 1.807) is 6.08 Å². The Balaban J connectivity index is 1.75. The van der Waals surface area contributed by atoms with E-state index in [1.807, 2.05) is 24.3 Å². The van der Waals surface area contributed by atoms with Crippen LogP contribution in [0.4, 0.5) is 4.79 Å². The monoisotopic (exact) mass is 585 g/mol. The number of halogens is 1. The number of carbonyl (C=O) groups is 1. The lowest BCUT2D eigenvalue weighted by Crippen LogP contribution is -2.42. The summed E-state index contributed by atoms with van der Waals surface area (Å²) in [6.07, 6.45) is 7.29. The number of carbonyl (C=O) groups excluding carboxylic acids is 1. The Morgan fingerprint density at radius 2 is 1.95 bits per heavy atom. The quantitative estimate of drug-likeness (QED) is 0.237. The van der Waals surface area contributed by atoms with E-state index in [4.69, 9.17) is 19.9 Å². The van der Waals surface area contributed by atoms with Gasteiger partial charge in [-0.1, -0.05) is 24.3 Å². The van der Waals surface area contributed by atoms with Gasteiger partial charge in [0.05, 0.1) is 4.47 Å². The Bertz CT molecular complexity index is 1260. The number of fused-ring (bicyclic) bond motifs is 1. The molecule has 0 aromatic heterocycles. The van der Waals surface area contributed by atoms with Gasteiger partial charge in [-0.05, 0) is 129 Å². The first-order chi connectivity index (χ1) is 17.4. The van der Waals surface area contributed by atoms with E-state index in [9.17, 15) is 4.79 Å². The summed E-state index contributed by atoms with van der Waals surface area (Å²) < 4.78 is 19.8. The molecular formula is C30H36BrNO4S. The lowest BCUT2D eigenvalue weighted by Gasteiger charge is -2.38. The van der Waals surface area contributed by atoms with Gasteiger partial charge in [0.25, 0.3) is 5.24 Å². The third-order valence-electron chi connectivity index (χ3n) is 6.50. The fraction of sp³-hybridized carbons (Fsp3) is 0.367. The molecule has 2 N–H and O–H groups in total. The van der Waals surface area contributed by atoms with Crippen molar-refractivity contribution in [2.45, 2.75) is 60.0 Å². The van der Waals surface area contributed by atoms with Crippen LogP contribution in [0, 0.1) is 20.8 Å². The van der Waals surface area contributed by atoms with Crippen molar-refractivity contribution in [3.05, 3.63) is 79.7 Å². The zero-order chi connectivity index (χ0) is 27.3. The van der Waals surface area contributed by atoms with Gasteiger partial charge in [-0.25, -0.2) is 0 Å². The molecule has 1 aliphatic heterocycles. The second-order valence-corrected chi connectivity index (χ2v) is 11.7. The summed E-state index contributed by atoms with van der Waals surface area (Å²) in [6.45, 7) is 17.3. The van der Waals surface area contributed by atoms with Crippen LogP contribution in [-0.2, 0) is 6.42 Å². The van der Waals surface area contributed by atoms with Crippen molar-refractivity contribution >= 4 is 39.0 Å². The van der Waals surface area contributed by atoms with Crippen LogP contribution in [0.2, 0.25) is 0 Å². The zero-order valence-corrected chi connectivity index (χ0v) is 24.9. The van der Waals surface area contributed by atoms with Crippen LogP contribution in [-0.4, -0.2) is 24.1 Å². The third-order valence-corrected chi connectivity index (χ3v) is 7.84. The van der Waals surface area contributed by atoms with Crippen molar-refractivity contribution in [2.75, 3.05) is 13.2 Å². The third kappa shape index (κ3) is 7.23. The van der Waals surface area contributed by atoms with E-state index in [0.29, 0.717) is 18.1 Å². The fourth-order valence-corrected chi connectivity index (χ4v) is 5.28. The summed E-state index contributed by atoms with van der Waals surface area (Å²) in [6, 6.07) is 5.77. The lowest BCUT2D eigenvalue weighted by atomic mass is 9.87. The van der Waals surface area contributed by atoms with E-state index in [-0.39, 0.29) is 0 Å². The number of nitrogens with two attached hydrogens (primary N) is 1. The minimum Gasteiger partial charge on any atom is -0.489 e. The molecule has 37 heavy (non-hydrogen) atoms. The van der Waals surface area contributed by atoms with Gasteiger partial charge in [0, 0.05) is 10.5 Å². The highest BCUT2D eigenvalue weighted by Crippen LogP contribution is 2.44. The van der Waals surface area contributed by atoms with Gasteiger partial charge in [-0.15, -0.1) is 0 Å². The van der Waals surface area contributed by atoms with Crippen LogP contribution >= 0.6 is 27.7 Å². The average Bonchev–Trinajstić information content (AvgIpc) is 2.83. The van der Waals surface area contributed by atoms with Crippen LogP contribution in [0.3, 0.4) is 0 Å². The number of ether oxygens (including phenoxy) is 3. The van der Waals surface area contributed by atoms with Gasteiger partial charge >= 0.3 is 0 Å². The minimum atomic E-state index is -0.472. The Hall–Kier alpha value is -2.64. The van der Waals surface area contributed by atoms with Crippen molar-refractivity contribution in [3.8, 4) is 17.2 Å². The molecule has 7 heteroatoms. The number of amides is 1. The molecule has 0 saturated heterocycles. The van der Waals surface area contributed by atoms with E-state index in [0.717, 1.165) is 68.6 Å². The standard InChI is InChI=1S/C30H36BrNO4S/c1-8-23(37-29(32)33)15-22-9-10-26(25(31)16-22)35-17-30(7)13-11-24-21(6)27(34-14-12-18(2)3)19(4)20(5)28(24)36-30/h8-10,12,15-16H,1,11,13-14,17H2,2-7H3,(H2,32,33)/b23-15-. The molecule has 1 unspecified atom stereocenters. The van der Waals surface area contributed by atoms with Crippen molar-refractivity contribution < 1.29 is 19.0 Å². The highest BCUT2D eigenvalue weighted by atomic mass is 79.9. The second kappa shape index (κ2) is 12.3. The number of thioether (sulfide) groups is 1. The minimum absolute atomic E-state index is 0.409. The number of allylic oxidation sites excluding steroid dienone is 2. The number of rotatable bonds is 9. The van der Waals surface area contributed by atoms with Crippen molar-refractivity contribution in [2.24, 2.45) is 5.73 Å². The van der Waals surface area contributed by atoms with Crippen molar-refractivity contribution in [1.82, 2.24) is 0 Å². The van der Waals surface area contributed by atoms with Crippen LogP contribution in [0.25, 0.3) is 6.08 Å². The molecule has 0 spiro atoms. The molecule has 0 fully saturated rings. The predicted octanol–water partition coefficient (Wildman–Crippen LogP) is 8.22. The predicted molar refractivity (Wildman–Crippen MR) is 158 cm³/mol. The van der Waals surface area contributed by atoms with Crippen LogP contribution in [0.5, 0.6) is 17.2 Å². The Morgan fingerprint density at radius 3 is 2.57 bits per heavy atom. The Kier molecular flexibility index (Phi) is 9.59. The molecule has 2 aromatic rings. The first-order valence-corrected chi connectivity index (χ1v) is 13.9. The van der Waals surface area contributed by atoms with Crippen LogP contribution in [0.15, 0.2) is 51.9 Å². The number of benzene rings is 2. The summed E-state index contributed by atoms with van der Waals surface area (Å²) in [5, 5.41) is -0.472. The Labute approximate surface area is 233 Å². The maximum atomic E-state index is 11.2. The molecule has 0 radical (unpaired) electrons. The molecule has 1 aliphatic rings. The number of hydrogen-bond donors (Lipinski definition) is 1. The summed E-state index contributed by atoms with van der Waals surface area (Å²) in [7, 11) is 0. The normalized spacial score (nSPS) is 16.9. The molecule has 198 valence electrons. The van der Waals surface area contributed by atoms with Crippen molar-refractivity contribution in [1.29, 1.82) is 0 Å². The molecule has 1 amide bonds. The Morgan fingerprint density at radius 1 is 1.22 bits per heavy atom. The van der Waals surface area contributed by atoms with Gasteiger partial charge in [0.2, 0.25) is 0 Å². The van der Waals surface area contributed by atoms with Gasteiger partial charge in [-0.2, -0.15) is 0 Å². The molecule has 1 atom stereocenters. The smallest absolute Gasteiger partial charge is 0.281 e. The first-order valence-electron chi connectivity index (χ1n) is 12.3. The zero-order valence-electron chi connectivity index (χ0n) is 22.5. The van der Waals surface area contributed by atoms with E-state index >= 15 is 0 Å². The van der Waals surface area contributed by atoms with Crippen molar-refractivity contribution in [3.63, 3.8) is 0 Å². The average molecular weight is 587 g/mol. The molecule has 5 nitrogen and oxygen atoms in total. The largest absolute Gasteiger partial charge is 0.489 e. The second-order valence-electron chi connectivity index (χ2n) is 9.81.